The molecular formula is C19H26N4O3. The normalized spacial score (nSPS) is 17.3. The molecule has 0 aliphatic carbocycles. The van der Waals surface area contributed by atoms with Gasteiger partial charge in [-0.2, -0.15) is 0 Å². The number of aromatic nitrogens is 3. The number of aryl methyl sites for hydroxylation is 1. The molecule has 26 heavy (non-hydrogen) atoms. The first-order chi connectivity index (χ1) is 12.5. The molecule has 0 spiro atoms. The molecule has 1 N–H and O–H groups in total. The molecule has 0 bridgehead atoms. The molecule has 7 nitrogen and oxygen atoms in total. The summed E-state index contributed by atoms with van der Waals surface area (Å²) >= 11 is 0. The second-order valence-electron chi connectivity index (χ2n) is 6.86. The van der Waals surface area contributed by atoms with Gasteiger partial charge in [0, 0.05) is 37.7 Å². The van der Waals surface area contributed by atoms with Gasteiger partial charge in [0.25, 0.3) is 5.91 Å². The van der Waals surface area contributed by atoms with E-state index in [-0.39, 0.29) is 11.9 Å². The van der Waals surface area contributed by atoms with Gasteiger partial charge in [0.15, 0.2) is 0 Å². The number of esters is 1. The number of nitrogens with one attached hydrogen (secondary N) is 1. The van der Waals surface area contributed by atoms with Gasteiger partial charge in [-0.25, -0.2) is 9.78 Å². The second-order valence-corrected chi connectivity index (χ2v) is 6.86. The predicted octanol–water partition coefficient (Wildman–Crippen LogP) is 2.56. The average molecular weight is 358 g/mol. The highest BCUT2D eigenvalue weighted by Crippen LogP contribution is 2.24. The summed E-state index contributed by atoms with van der Waals surface area (Å²) in [4.78, 5) is 34.3. The third kappa shape index (κ3) is 3.66. The van der Waals surface area contributed by atoms with Crippen molar-refractivity contribution in [2.24, 2.45) is 5.92 Å². The molecule has 7 heteroatoms. The van der Waals surface area contributed by atoms with Gasteiger partial charge < -0.3 is 19.2 Å². The zero-order valence-corrected chi connectivity index (χ0v) is 15.6. The highest BCUT2D eigenvalue weighted by atomic mass is 16.5. The van der Waals surface area contributed by atoms with Crippen LogP contribution in [0.2, 0.25) is 0 Å². The summed E-state index contributed by atoms with van der Waals surface area (Å²) in [7, 11) is 0. The molecule has 0 radical (unpaired) electrons. The Kier molecular flexibility index (Phi) is 5.44. The fourth-order valence-electron chi connectivity index (χ4n) is 3.72. The summed E-state index contributed by atoms with van der Waals surface area (Å²) in [5, 5.41) is 0. The highest BCUT2D eigenvalue weighted by Gasteiger charge is 2.29. The van der Waals surface area contributed by atoms with E-state index >= 15 is 0 Å². The average Bonchev–Trinajstić information content (AvgIpc) is 3.22. The smallest absolute Gasteiger partial charge is 0.340 e. The molecule has 1 aliphatic rings. The van der Waals surface area contributed by atoms with Crippen LogP contribution in [0, 0.1) is 19.8 Å². The Morgan fingerprint density at radius 3 is 2.88 bits per heavy atom. The number of hydrogen-bond donors (Lipinski definition) is 1. The van der Waals surface area contributed by atoms with Crippen molar-refractivity contribution in [1.82, 2.24) is 19.4 Å². The van der Waals surface area contributed by atoms with E-state index < -0.39 is 0 Å². The molecule has 1 saturated heterocycles. The quantitative estimate of drug-likeness (QED) is 0.833. The maximum atomic E-state index is 13.0. The molecule has 1 fully saturated rings. The zero-order chi connectivity index (χ0) is 18.7. The van der Waals surface area contributed by atoms with Crippen molar-refractivity contribution in [2.75, 3.05) is 19.7 Å². The topological polar surface area (TPSA) is 80.2 Å². The van der Waals surface area contributed by atoms with Crippen LogP contribution in [0.15, 0.2) is 18.7 Å². The van der Waals surface area contributed by atoms with E-state index in [4.69, 9.17) is 4.74 Å². The molecule has 2 aromatic rings. The van der Waals surface area contributed by atoms with Crippen LogP contribution >= 0.6 is 0 Å². The van der Waals surface area contributed by atoms with E-state index in [1.807, 2.05) is 17.4 Å². The molecule has 1 amide bonds. The van der Waals surface area contributed by atoms with Crippen molar-refractivity contribution < 1.29 is 14.3 Å². The van der Waals surface area contributed by atoms with E-state index in [1.54, 1.807) is 27.0 Å². The Labute approximate surface area is 153 Å². The molecule has 0 unspecified atom stereocenters. The van der Waals surface area contributed by atoms with E-state index in [1.165, 1.54) is 0 Å². The van der Waals surface area contributed by atoms with Crippen LogP contribution in [-0.2, 0) is 11.3 Å². The van der Waals surface area contributed by atoms with Gasteiger partial charge in [-0.1, -0.05) is 0 Å². The van der Waals surface area contributed by atoms with Crippen LogP contribution in [0.3, 0.4) is 0 Å². The van der Waals surface area contributed by atoms with Gasteiger partial charge in [-0.05, 0) is 45.1 Å². The summed E-state index contributed by atoms with van der Waals surface area (Å²) in [6.45, 7) is 8.00. The fourth-order valence-corrected chi connectivity index (χ4v) is 3.72. The Bertz CT molecular complexity index is 779. The number of amides is 1. The Balaban J connectivity index is 1.74. The highest BCUT2D eigenvalue weighted by molar-refractivity contribution is 6.00. The van der Waals surface area contributed by atoms with Gasteiger partial charge >= 0.3 is 5.97 Å². The minimum atomic E-state index is -0.380. The van der Waals surface area contributed by atoms with Crippen molar-refractivity contribution in [3.8, 4) is 0 Å². The minimum absolute atomic E-state index is 0.0449. The largest absolute Gasteiger partial charge is 0.462 e. The molecule has 0 aromatic carbocycles. The van der Waals surface area contributed by atoms with Gasteiger partial charge in [0.2, 0.25) is 0 Å². The first-order valence-corrected chi connectivity index (χ1v) is 9.12. The second kappa shape index (κ2) is 7.76. The number of ether oxygens (including phenoxy) is 1. The number of imidazole rings is 1. The van der Waals surface area contributed by atoms with E-state index in [0.29, 0.717) is 41.6 Å². The lowest BCUT2D eigenvalue weighted by molar-refractivity contribution is 0.0525. The number of hydrogen-bond acceptors (Lipinski definition) is 4. The van der Waals surface area contributed by atoms with Crippen molar-refractivity contribution in [2.45, 2.75) is 40.2 Å². The standard InChI is InChI=1S/C19H26N4O3/c1-4-26-19(25)16-13(2)17(21-14(16)3)18(24)23-8-5-6-15(11-23)10-22-9-7-20-12-22/h7,9,12,15,21H,4-6,8,10-11H2,1-3H3/t15-/m1/s1. The molecule has 1 atom stereocenters. The number of aromatic amines is 1. The maximum Gasteiger partial charge on any atom is 0.340 e. The minimum Gasteiger partial charge on any atom is -0.462 e. The third-order valence-corrected chi connectivity index (χ3v) is 4.97. The molecule has 140 valence electrons. The number of H-pyrrole nitrogens is 1. The Hall–Kier alpha value is -2.57. The van der Waals surface area contributed by atoms with Gasteiger partial charge in [-0.3, -0.25) is 4.79 Å². The summed E-state index contributed by atoms with van der Waals surface area (Å²) in [6, 6.07) is 0. The van der Waals surface area contributed by atoms with Crippen LogP contribution in [-0.4, -0.2) is 51.0 Å². The summed E-state index contributed by atoms with van der Waals surface area (Å²) in [6.07, 6.45) is 7.61. The van der Waals surface area contributed by atoms with Crippen LogP contribution in [0.5, 0.6) is 0 Å². The number of carbonyl (C=O) groups is 2. The van der Waals surface area contributed by atoms with Crippen LogP contribution in [0.25, 0.3) is 0 Å². The van der Waals surface area contributed by atoms with Crippen LogP contribution < -0.4 is 0 Å². The van der Waals surface area contributed by atoms with Gasteiger partial charge in [-0.15, -0.1) is 0 Å². The van der Waals surface area contributed by atoms with E-state index in [9.17, 15) is 9.59 Å². The monoisotopic (exact) mass is 358 g/mol. The van der Waals surface area contributed by atoms with E-state index in [0.717, 1.165) is 25.9 Å². The Morgan fingerprint density at radius 1 is 1.38 bits per heavy atom. The van der Waals surface area contributed by atoms with Crippen molar-refractivity contribution in [3.05, 3.63) is 41.2 Å². The first kappa shape index (κ1) is 18.2. The summed E-state index contributed by atoms with van der Waals surface area (Å²) < 4.78 is 7.17. The molecule has 2 aromatic heterocycles. The molecule has 1 aliphatic heterocycles. The van der Waals surface area contributed by atoms with Crippen molar-refractivity contribution in [1.29, 1.82) is 0 Å². The van der Waals surface area contributed by atoms with Crippen molar-refractivity contribution >= 4 is 11.9 Å². The fraction of sp³-hybridized carbons (Fsp3) is 0.526. The third-order valence-electron chi connectivity index (χ3n) is 4.97. The summed E-state index contributed by atoms with van der Waals surface area (Å²) in [5.41, 5.74) is 2.31. The number of likely N-dealkylation sites (tertiary alicyclic amines) is 1. The van der Waals surface area contributed by atoms with Crippen molar-refractivity contribution in [3.63, 3.8) is 0 Å². The van der Waals surface area contributed by atoms with Gasteiger partial charge in [0.1, 0.15) is 5.69 Å². The maximum absolute atomic E-state index is 13.0. The van der Waals surface area contributed by atoms with Crippen LogP contribution in [0.4, 0.5) is 0 Å². The number of rotatable bonds is 5. The molecular weight excluding hydrogens is 332 g/mol. The molecule has 0 saturated carbocycles. The lowest BCUT2D eigenvalue weighted by Crippen LogP contribution is -2.41. The number of nitrogens with zero attached hydrogens (tertiary/aromatic N) is 3. The zero-order valence-electron chi connectivity index (χ0n) is 15.6. The SMILES string of the molecule is CCOC(=O)c1c(C)[nH]c(C(=O)N2CCC[C@H](Cn3ccnc3)C2)c1C. The predicted molar refractivity (Wildman–Crippen MR) is 97.1 cm³/mol. The van der Waals surface area contributed by atoms with Crippen LogP contribution in [0.1, 0.15) is 51.9 Å². The lowest BCUT2D eigenvalue weighted by atomic mass is 9.97. The molecule has 3 heterocycles. The van der Waals surface area contributed by atoms with E-state index in [2.05, 4.69) is 14.5 Å². The lowest BCUT2D eigenvalue weighted by Gasteiger charge is -2.32. The van der Waals surface area contributed by atoms with Gasteiger partial charge in [0.05, 0.1) is 18.5 Å². The Morgan fingerprint density at radius 2 is 2.19 bits per heavy atom. The first-order valence-electron chi connectivity index (χ1n) is 9.12. The summed E-state index contributed by atoms with van der Waals surface area (Å²) in [5.74, 6) is -0.0197. The molecule has 3 rings (SSSR count). The number of piperidine rings is 1. The number of carbonyl (C=O) groups excluding carboxylic acids is 2.